The quantitative estimate of drug-likeness (QED) is 0.546. The third-order valence-corrected chi connectivity index (χ3v) is 4.77. The average molecular weight is 359 g/mol. The highest BCUT2D eigenvalue weighted by molar-refractivity contribution is 4.87. The normalized spacial score (nSPS) is 24.8. The van der Waals surface area contributed by atoms with Crippen LogP contribution in [-0.4, -0.2) is 45.8 Å². The Morgan fingerprint density at radius 1 is 1.08 bits per heavy atom. The number of rotatable bonds is 6. The molecule has 0 spiro atoms. The van der Waals surface area contributed by atoms with E-state index in [1.807, 2.05) is 13.8 Å². The fraction of sp³-hybridized carbons (Fsp3) is 1.00. The number of nitrogens with one attached hydrogen (secondary N) is 3. The lowest BCUT2D eigenvalue weighted by Gasteiger charge is -2.23. The van der Waals surface area contributed by atoms with E-state index in [0.29, 0.717) is 5.41 Å². The maximum absolute atomic E-state index is 5.64. The molecule has 0 aromatic heterocycles. The molecule has 154 valence electrons. The summed E-state index contributed by atoms with van der Waals surface area (Å²) in [5, 5.41) is 10.2. The van der Waals surface area contributed by atoms with Gasteiger partial charge in [0.25, 0.3) is 0 Å². The molecule has 0 radical (unpaired) electrons. The number of hydrogen-bond acceptors (Lipinski definition) is 4. The van der Waals surface area contributed by atoms with Crippen LogP contribution in [0.1, 0.15) is 80.1 Å². The molecule has 0 amide bonds. The minimum atomic E-state index is 0.444. The molecule has 0 saturated carbocycles. The zero-order valence-electron chi connectivity index (χ0n) is 18.3. The Hall–Kier alpha value is -0.160. The SMILES string of the molecule is CC.CCC.CCC1(CN)CCNC1.CCCNCC1CCCNC1. The van der Waals surface area contributed by atoms with Crippen LogP contribution in [0.3, 0.4) is 0 Å². The molecule has 0 aromatic rings. The van der Waals surface area contributed by atoms with E-state index >= 15 is 0 Å². The van der Waals surface area contributed by atoms with Crippen molar-refractivity contribution < 1.29 is 0 Å². The Morgan fingerprint density at radius 2 is 1.76 bits per heavy atom. The maximum Gasteiger partial charge on any atom is 0.00203 e. The third-order valence-electron chi connectivity index (χ3n) is 4.77. The minimum absolute atomic E-state index is 0.444. The predicted molar refractivity (Wildman–Crippen MR) is 115 cm³/mol. The molecule has 25 heavy (non-hydrogen) atoms. The zero-order chi connectivity index (χ0) is 19.4. The van der Waals surface area contributed by atoms with Gasteiger partial charge in [-0.3, -0.25) is 0 Å². The molecule has 2 aliphatic rings. The van der Waals surface area contributed by atoms with Crippen LogP contribution >= 0.6 is 0 Å². The van der Waals surface area contributed by atoms with Gasteiger partial charge in [-0.2, -0.15) is 0 Å². The van der Waals surface area contributed by atoms with Crippen molar-refractivity contribution >= 4 is 0 Å². The zero-order valence-corrected chi connectivity index (χ0v) is 18.3. The Bertz CT molecular complexity index is 228. The Kier molecular flexibility index (Phi) is 21.8. The van der Waals surface area contributed by atoms with Gasteiger partial charge in [0.15, 0.2) is 0 Å². The molecular weight excluding hydrogens is 308 g/mol. The van der Waals surface area contributed by atoms with Crippen LogP contribution in [0.25, 0.3) is 0 Å². The van der Waals surface area contributed by atoms with Crippen molar-refractivity contribution in [1.29, 1.82) is 0 Å². The first-order valence-corrected chi connectivity index (χ1v) is 11.0. The molecule has 5 N–H and O–H groups in total. The summed E-state index contributed by atoms with van der Waals surface area (Å²) in [6, 6.07) is 0. The molecule has 2 unspecified atom stereocenters. The first-order chi connectivity index (χ1) is 12.2. The molecule has 0 aliphatic carbocycles. The van der Waals surface area contributed by atoms with Gasteiger partial charge in [0.1, 0.15) is 0 Å². The average Bonchev–Trinajstić information content (AvgIpc) is 3.15. The van der Waals surface area contributed by atoms with E-state index < -0.39 is 0 Å². The summed E-state index contributed by atoms with van der Waals surface area (Å²) in [6.07, 6.45) is 7.75. The van der Waals surface area contributed by atoms with E-state index in [1.165, 1.54) is 64.7 Å². The van der Waals surface area contributed by atoms with Crippen LogP contribution in [0.15, 0.2) is 0 Å². The van der Waals surface area contributed by atoms with E-state index in [1.54, 1.807) is 0 Å². The molecule has 4 heteroatoms. The highest BCUT2D eigenvalue weighted by Crippen LogP contribution is 2.27. The monoisotopic (exact) mass is 358 g/mol. The summed E-state index contributed by atoms with van der Waals surface area (Å²) < 4.78 is 0. The van der Waals surface area contributed by atoms with Crippen molar-refractivity contribution in [2.24, 2.45) is 17.1 Å². The Balaban J connectivity index is 0. The largest absolute Gasteiger partial charge is 0.330 e. The highest BCUT2D eigenvalue weighted by Gasteiger charge is 2.29. The van der Waals surface area contributed by atoms with Crippen LogP contribution < -0.4 is 21.7 Å². The smallest absolute Gasteiger partial charge is 0.00203 e. The van der Waals surface area contributed by atoms with Gasteiger partial charge in [-0.25, -0.2) is 0 Å². The predicted octanol–water partition coefficient (Wildman–Crippen LogP) is 3.76. The van der Waals surface area contributed by atoms with Crippen molar-refractivity contribution in [3.05, 3.63) is 0 Å². The van der Waals surface area contributed by atoms with Crippen molar-refractivity contribution in [2.45, 2.75) is 80.1 Å². The minimum Gasteiger partial charge on any atom is -0.330 e. The second kappa shape index (κ2) is 20.2. The van der Waals surface area contributed by atoms with Crippen LogP contribution in [0.5, 0.6) is 0 Å². The topological polar surface area (TPSA) is 62.1 Å². The van der Waals surface area contributed by atoms with Crippen molar-refractivity contribution in [3.8, 4) is 0 Å². The molecule has 0 aromatic carbocycles. The molecule has 2 aliphatic heterocycles. The van der Waals surface area contributed by atoms with E-state index in [-0.39, 0.29) is 0 Å². The van der Waals surface area contributed by atoms with Gasteiger partial charge in [-0.05, 0) is 82.7 Å². The molecule has 4 nitrogen and oxygen atoms in total. The molecule has 2 fully saturated rings. The summed E-state index contributed by atoms with van der Waals surface area (Å²) in [4.78, 5) is 0. The lowest BCUT2D eigenvalue weighted by molar-refractivity contribution is 0.322. The van der Waals surface area contributed by atoms with Gasteiger partial charge in [0.2, 0.25) is 0 Å². The molecule has 2 saturated heterocycles. The van der Waals surface area contributed by atoms with E-state index in [2.05, 4.69) is 43.6 Å². The van der Waals surface area contributed by atoms with Crippen LogP contribution in [0, 0.1) is 11.3 Å². The van der Waals surface area contributed by atoms with Gasteiger partial charge in [-0.15, -0.1) is 0 Å². The van der Waals surface area contributed by atoms with E-state index in [9.17, 15) is 0 Å². The van der Waals surface area contributed by atoms with Gasteiger partial charge in [0, 0.05) is 6.54 Å². The van der Waals surface area contributed by atoms with E-state index in [4.69, 9.17) is 5.73 Å². The van der Waals surface area contributed by atoms with E-state index in [0.717, 1.165) is 25.6 Å². The highest BCUT2D eigenvalue weighted by atomic mass is 14.9. The fourth-order valence-corrected chi connectivity index (χ4v) is 3.00. The maximum atomic E-state index is 5.64. The molecule has 2 atom stereocenters. The van der Waals surface area contributed by atoms with Crippen LogP contribution in [0.4, 0.5) is 0 Å². The first-order valence-electron chi connectivity index (χ1n) is 11.0. The van der Waals surface area contributed by atoms with Gasteiger partial charge in [0.05, 0.1) is 0 Å². The van der Waals surface area contributed by atoms with Crippen LogP contribution in [-0.2, 0) is 0 Å². The molecule has 2 heterocycles. The second-order valence-corrected chi connectivity index (χ2v) is 7.11. The summed E-state index contributed by atoms with van der Waals surface area (Å²) in [7, 11) is 0. The van der Waals surface area contributed by atoms with Crippen molar-refractivity contribution in [3.63, 3.8) is 0 Å². The van der Waals surface area contributed by atoms with Gasteiger partial charge in [-0.1, -0.05) is 48.0 Å². The summed E-state index contributed by atoms with van der Waals surface area (Å²) in [6.45, 7) is 20.6. The second-order valence-electron chi connectivity index (χ2n) is 7.11. The summed E-state index contributed by atoms with van der Waals surface area (Å²) in [5.41, 5.74) is 6.08. The lowest BCUT2D eigenvalue weighted by Crippen LogP contribution is -2.36. The van der Waals surface area contributed by atoms with Crippen molar-refractivity contribution in [1.82, 2.24) is 16.0 Å². The molecule has 0 bridgehead atoms. The Morgan fingerprint density at radius 3 is 2.12 bits per heavy atom. The van der Waals surface area contributed by atoms with Crippen LogP contribution in [0.2, 0.25) is 0 Å². The van der Waals surface area contributed by atoms with Gasteiger partial charge >= 0.3 is 0 Å². The molecular formula is C21H50N4. The first kappa shape index (κ1) is 27.1. The molecule has 2 rings (SSSR count). The lowest BCUT2D eigenvalue weighted by atomic mass is 9.85. The number of hydrogen-bond donors (Lipinski definition) is 4. The summed E-state index contributed by atoms with van der Waals surface area (Å²) in [5.74, 6) is 0.885. The third kappa shape index (κ3) is 14.7. The summed E-state index contributed by atoms with van der Waals surface area (Å²) >= 11 is 0. The Labute approximate surface area is 159 Å². The standard InChI is InChI=1S/C9H20N2.C7H16N2.C3H8.C2H6/c1-2-5-10-7-9-4-3-6-11-8-9;1-2-7(5-8)3-4-9-6-7;1-3-2;1-2/h9-11H,2-8H2,1H3;9H,2-6,8H2,1H3;3H2,1-2H3;1-2H3. The van der Waals surface area contributed by atoms with Gasteiger partial charge < -0.3 is 21.7 Å². The fourth-order valence-electron chi connectivity index (χ4n) is 3.00. The number of piperidine rings is 1. The van der Waals surface area contributed by atoms with Crippen molar-refractivity contribution in [2.75, 3.05) is 45.8 Å². The number of nitrogens with two attached hydrogens (primary N) is 1.